The second-order valence-corrected chi connectivity index (χ2v) is 8.13. The lowest BCUT2D eigenvalue weighted by atomic mass is 9.82. The highest BCUT2D eigenvalue weighted by Crippen LogP contribution is 2.53. The van der Waals surface area contributed by atoms with Crippen LogP contribution in [0.4, 0.5) is 5.69 Å². The number of rotatable bonds is 6. The van der Waals surface area contributed by atoms with Gasteiger partial charge in [0, 0.05) is 36.3 Å². The van der Waals surface area contributed by atoms with Crippen LogP contribution in [0.15, 0.2) is 54.1 Å². The van der Waals surface area contributed by atoms with Crippen molar-refractivity contribution < 1.29 is 24.2 Å². The van der Waals surface area contributed by atoms with E-state index in [0.717, 1.165) is 0 Å². The smallest absolute Gasteiger partial charge is 0.296 e. The number of ketones is 1. The fraction of sp³-hybridized carbons (Fsp3) is 0.292. The molecule has 0 aliphatic carbocycles. The lowest BCUT2D eigenvalue weighted by Gasteiger charge is -2.34. The lowest BCUT2D eigenvalue weighted by Crippen LogP contribution is -2.52. The van der Waals surface area contributed by atoms with Crippen LogP contribution < -0.4 is 4.90 Å². The van der Waals surface area contributed by atoms with Crippen LogP contribution in [0.3, 0.4) is 0 Å². The van der Waals surface area contributed by atoms with E-state index < -0.39 is 28.9 Å². The Labute approximate surface area is 190 Å². The Morgan fingerprint density at radius 2 is 1.75 bits per heavy atom. The number of fused-ring (bicyclic) bond motifs is 2. The summed E-state index contributed by atoms with van der Waals surface area (Å²) in [6, 6.07) is 13.3. The number of benzene rings is 2. The number of halogens is 1. The Bertz CT molecular complexity index is 1130. The first-order chi connectivity index (χ1) is 15.4. The highest BCUT2D eigenvalue weighted by Gasteiger charge is 2.66. The van der Waals surface area contributed by atoms with E-state index in [1.807, 2.05) is 6.92 Å². The Kier molecular flexibility index (Phi) is 5.79. The first kappa shape index (κ1) is 22.0. The summed E-state index contributed by atoms with van der Waals surface area (Å²) in [5.41, 5.74) is -0.605. The van der Waals surface area contributed by atoms with E-state index in [2.05, 4.69) is 0 Å². The third-order valence-electron chi connectivity index (χ3n) is 5.89. The molecule has 7 nitrogen and oxygen atoms in total. The highest BCUT2D eigenvalue weighted by atomic mass is 35.5. The van der Waals surface area contributed by atoms with Crippen molar-refractivity contribution in [2.45, 2.75) is 18.9 Å². The molecule has 2 amide bonds. The van der Waals surface area contributed by atoms with Gasteiger partial charge in [0.25, 0.3) is 17.6 Å². The molecule has 2 aliphatic rings. The summed E-state index contributed by atoms with van der Waals surface area (Å²) < 4.78 is 5.16. The molecule has 8 heteroatoms. The topological polar surface area (TPSA) is 87.2 Å². The van der Waals surface area contributed by atoms with Gasteiger partial charge in [0.1, 0.15) is 5.76 Å². The van der Waals surface area contributed by atoms with E-state index in [1.54, 1.807) is 53.4 Å². The van der Waals surface area contributed by atoms with Gasteiger partial charge in [-0.2, -0.15) is 0 Å². The Morgan fingerprint density at radius 3 is 2.41 bits per heavy atom. The maximum Gasteiger partial charge on any atom is 0.296 e. The van der Waals surface area contributed by atoms with Crippen LogP contribution in [-0.4, -0.2) is 54.4 Å². The van der Waals surface area contributed by atoms with Gasteiger partial charge < -0.3 is 19.6 Å². The number of aliphatic hydroxyl groups is 1. The van der Waals surface area contributed by atoms with Crippen molar-refractivity contribution in [3.05, 3.63) is 70.3 Å². The van der Waals surface area contributed by atoms with Crippen molar-refractivity contribution in [2.75, 3.05) is 31.7 Å². The van der Waals surface area contributed by atoms with E-state index in [4.69, 9.17) is 16.3 Å². The van der Waals surface area contributed by atoms with Crippen LogP contribution in [0.5, 0.6) is 0 Å². The summed E-state index contributed by atoms with van der Waals surface area (Å²) >= 11 is 5.97. The molecule has 2 aromatic carbocycles. The van der Waals surface area contributed by atoms with E-state index in [-0.39, 0.29) is 24.3 Å². The van der Waals surface area contributed by atoms with Crippen molar-refractivity contribution in [1.82, 2.24) is 4.90 Å². The summed E-state index contributed by atoms with van der Waals surface area (Å²) in [4.78, 5) is 43.3. The van der Waals surface area contributed by atoms with E-state index >= 15 is 0 Å². The molecule has 1 spiro atoms. The predicted octanol–water partition coefficient (Wildman–Crippen LogP) is 3.32. The molecule has 1 fully saturated rings. The van der Waals surface area contributed by atoms with Crippen LogP contribution in [0.1, 0.15) is 24.5 Å². The molecule has 1 N–H and O–H groups in total. The van der Waals surface area contributed by atoms with Crippen LogP contribution in [-0.2, 0) is 24.7 Å². The van der Waals surface area contributed by atoms with Gasteiger partial charge >= 0.3 is 0 Å². The molecule has 4 rings (SSSR count). The number of hydrogen-bond donors (Lipinski definition) is 1. The molecule has 1 saturated heterocycles. The summed E-state index contributed by atoms with van der Waals surface area (Å²) in [7, 11) is 1.48. The average Bonchev–Trinajstić information content (AvgIpc) is 3.17. The monoisotopic (exact) mass is 454 g/mol. The SMILES string of the molecule is CCCN1C(=O)C2(C(=C(O)c3ccc(Cl)cc3)C(=O)C(=O)N2CCOC)c2ccccc21. The van der Waals surface area contributed by atoms with Gasteiger partial charge in [-0.05, 0) is 36.8 Å². The zero-order chi connectivity index (χ0) is 23.0. The van der Waals surface area contributed by atoms with Gasteiger partial charge in [-0.3, -0.25) is 14.4 Å². The van der Waals surface area contributed by atoms with Gasteiger partial charge in [-0.1, -0.05) is 36.7 Å². The summed E-state index contributed by atoms with van der Waals surface area (Å²) in [5.74, 6) is -2.61. The third-order valence-corrected chi connectivity index (χ3v) is 6.15. The second kappa shape index (κ2) is 8.41. The van der Waals surface area contributed by atoms with Crippen LogP contribution >= 0.6 is 11.6 Å². The Morgan fingerprint density at radius 1 is 1.06 bits per heavy atom. The first-order valence-electron chi connectivity index (χ1n) is 10.4. The van der Waals surface area contributed by atoms with Crippen LogP contribution in [0, 0.1) is 0 Å². The normalized spacial score (nSPS) is 21.7. The maximum atomic E-state index is 14.0. The minimum absolute atomic E-state index is 0.0124. The molecule has 2 heterocycles. The molecule has 32 heavy (non-hydrogen) atoms. The maximum absolute atomic E-state index is 14.0. The van der Waals surface area contributed by atoms with Crippen molar-refractivity contribution in [3.63, 3.8) is 0 Å². The zero-order valence-corrected chi connectivity index (χ0v) is 18.6. The van der Waals surface area contributed by atoms with Crippen LogP contribution in [0.2, 0.25) is 5.02 Å². The molecule has 0 saturated carbocycles. The number of amides is 2. The van der Waals surface area contributed by atoms with Crippen molar-refractivity contribution in [3.8, 4) is 0 Å². The Hall–Kier alpha value is -3.16. The lowest BCUT2D eigenvalue weighted by molar-refractivity contribution is -0.144. The van der Waals surface area contributed by atoms with Crippen molar-refractivity contribution in [1.29, 1.82) is 0 Å². The van der Waals surface area contributed by atoms with Gasteiger partial charge in [0.15, 0.2) is 5.54 Å². The first-order valence-corrected chi connectivity index (χ1v) is 10.7. The minimum Gasteiger partial charge on any atom is -0.507 e. The number of para-hydroxylation sites is 1. The molecular formula is C24H23ClN2O5. The number of methoxy groups -OCH3 is 1. The van der Waals surface area contributed by atoms with Gasteiger partial charge in [0.05, 0.1) is 17.9 Å². The summed E-state index contributed by atoms with van der Waals surface area (Å²) in [6.07, 6.45) is 0.679. The van der Waals surface area contributed by atoms with Gasteiger partial charge in [-0.25, -0.2) is 0 Å². The fourth-order valence-corrected chi connectivity index (χ4v) is 4.67. The number of ether oxygens (including phenoxy) is 1. The average molecular weight is 455 g/mol. The Balaban J connectivity index is 2.05. The number of Topliss-reactive ketones (excluding diaryl/α,β-unsaturated/α-hetero) is 1. The molecular weight excluding hydrogens is 432 g/mol. The standard InChI is InChI=1S/C24H23ClN2O5/c1-3-12-26-18-7-5-4-6-17(18)24(23(26)31)19(20(28)15-8-10-16(25)11-9-15)21(29)22(30)27(24)13-14-32-2/h4-11,28H,3,12-14H2,1-2H3. The van der Waals surface area contributed by atoms with Crippen molar-refractivity contribution in [2.24, 2.45) is 0 Å². The number of carbonyl (C=O) groups is 3. The van der Waals surface area contributed by atoms with Gasteiger partial charge in [-0.15, -0.1) is 0 Å². The highest BCUT2D eigenvalue weighted by molar-refractivity contribution is 6.50. The molecule has 0 radical (unpaired) electrons. The van der Waals surface area contributed by atoms with Crippen molar-refractivity contribution >= 4 is 40.6 Å². The number of hydrogen-bond acceptors (Lipinski definition) is 5. The molecule has 1 unspecified atom stereocenters. The number of anilines is 1. The largest absolute Gasteiger partial charge is 0.507 e. The zero-order valence-electron chi connectivity index (χ0n) is 17.8. The quantitative estimate of drug-likeness (QED) is 0.411. The molecule has 166 valence electrons. The van der Waals surface area contributed by atoms with E-state index in [9.17, 15) is 19.5 Å². The molecule has 2 aromatic rings. The number of nitrogens with zero attached hydrogens (tertiary/aromatic N) is 2. The number of likely N-dealkylation sites (tertiary alicyclic amines) is 1. The molecule has 0 bridgehead atoms. The molecule has 0 aromatic heterocycles. The molecule has 1 atom stereocenters. The minimum atomic E-state index is -1.76. The van der Waals surface area contributed by atoms with Crippen LogP contribution in [0.25, 0.3) is 5.76 Å². The number of carbonyl (C=O) groups excluding carboxylic acids is 3. The van der Waals surface area contributed by atoms with E-state index in [1.165, 1.54) is 12.0 Å². The number of aliphatic hydroxyl groups excluding tert-OH is 1. The van der Waals surface area contributed by atoms with E-state index in [0.29, 0.717) is 29.2 Å². The molecule has 2 aliphatic heterocycles. The third kappa shape index (κ3) is 3.04. The fourth-order valence-electron chi connectivity index (χ4n) is 4.55. The summed E-state index contributed by atoms with van der Waals surface area (Å²) in [6.45, 7) is 2.49. The predicted molar refractivity (Wildman–Crippen MR) is 120 cm³/mol. The second-order valence-electron chi connectivity index (χ2n) is 7.69. The van der Waals surface area contributed by atoms with Gasteiger partial charge in [0.2, 0.25) is 0 Å². The summed E-state index contributed by atoms with van der Waals surface area (Å²) in [5, 5.41) is 11.7.